The zero-order chi connectivity index (χ0) is 16.8. The lowest BCUT2D eigenvalue weighted by Crippen LogP contribution is -1.97. The van der Waals surface area contributed by atoms with Gasteiger partial charge in [0.1, 0.15) is 5.75 Å². The molecule has 0 saturated heterocycles. The summed E-state index contributed by atoms with van der Waals surface area (Å²) >= 11 is 0. The topological polar surface area (TPSA) is 65.2 Å². The smallest absolute Gasteiger partial charge is 0.223 e. The molecule has 0 N–H and O–H groups in total. The molecule has 2 aromatic carbocycles. The van der Waals surface area contributed by atoms with Crippen molar-refractivity contribution < 1.29 is 14.1 Å². The number of ether oxygens (including phenoxy) is 1. The van der Waals surface area contributed by atoms with Crippen molar-refractivity contribution in [1.82, 2.24) is 10.1 Å². The van der Waals surface area contributed by atoms with Gasteiger partial charge in [-0.05, 0) is 23.8 Å². The molecular formula is C19H16N2O3. The fourth-order valence-electron chi connectivity index (χ4n) is 2.09. The molecule has 0 aliphatic rings. The number of hydrogen-bond acceptors (Lipinski definition) is 5. The third-order valence-corrected chi connectivity index (χ3v) is 3.30. The van der Waals surface area contributed by atoms with Gasteiger partial charge in [0.25, 0.3) is 0 Å². The highest BCUT2D eigenvalue weighted by molar-refractivity contribution is 6.06. The average Bonchev–Trinajstić information content (AvgIpc) is 3.05. The minimum Gasteiger partial charge on any atom is -0.485 e. The van der Waals surface area contributed by atoms with E-state index in [4.69, 9.17) is 9.26 Å². The number of hydrogen-bond donors (Lipinski definition) is 0. The van der Waals surface area contributed by atoms with Crippen LogP contribution < -0.4 is 4.74 Å². The summed E-state index contributed by atoms with van der Waals surface area (Å²) < 4.78 is 10.5. The van der Waals surface area contributed by atoms with E-state index in [0.717, 1.165) is 5.56 Å². The van der Waals surface area contributed by atoms with Crippen LogP contribution in [-0.2, 0) is 6.61 Å². The second kappa shape index (κ2) is 7.37. The number of allylic oxidation sites excluding steroid dienone is 1. The van der Waals surface area contributed by atoms with Gasteiger partial charge < -0.3 is 9.26 Å². The minimum absolute atomic E-state index is 0.0246. The molecule has 3 aromatic rings. The van der Waals surface area contributed by atoms with Crippen LogP contribution in [0.15, 0.2) is 65.2 Å². The molecule has 1 aromatic heterocycles. The van der Waals surface area contributed by atoms with Crippen LogP contribution >= 0.6 is 0 Å². The summed E-state index contributed by atoms with van der Waals surface area (Å²) in [4.78, 5) is 16.1. The molecule has 120 valence electrons. The Balaban J connectivity index is 1.58. The van der Waals surface area contributed by atoms with Gasteiger partial charge >= 0.3 is 0 Å². The van der Waals surface area contributed by atoms with E-state index in [2.05, 4.69) is 10.1 Å². The number of benzene rings is 2. The van der Waals surface area contributed by atoms with Gasteiger partial charge in [-0.15, -0.1) is 0 Å². The SMILES string of the molecule is Cc1nc(COc2ccc(/C=C/C(=O)c3ccccc3)cc2)no1. The Morgan fingerprint density at radius 3 is 2.54 bits per heavy atom. The maximum atomic E-state index is 12.0. The Kier molecular flexibility index (Phi) is 4.81. The first-order chi connectivity index (χ1) is 11.7. The molecule has 5 nitrogen and oxygen atoms in total. The van der Waals surface area contributed by atoms with Crippen molar-refractivity contribution >= 4 is 11.9 Å². The fraction of sp³-hybridized carbons (Fsp3) is 0.105. The van der Waals surface area contributed by atoms with E-state index in [1.165, 1.54) is 0 Å². The summed E-state index contributed by atoms with van der Waals surface area (Å²) in [7, 11) is 0. The van der Waals surface area contributed by atoms with Crippen LogP contribution in [0, 0.1) is 6.92 Å². The van der Waals surface area contributed by atoms with E-state index in [-0.39, 0.29) is 12.4 Å². The van der Waals surface area contributed by atoms with Crippen molar-refractivity contribution in [2.24, 2.45) is 0 Å². The highest BCUT2D eigenvalue weighted by Crippen LogP contribution is 2.15. The summed E-state index contributed by atoms with van der Waals surface area (Å²) in [5, 5.41) is 3.77. The van der Waals surface area contributed by atoms with Gasteiger partial charge in [-0.25, -0.2) is 0 Å². The number of carbonyl (C=O) groups is 1. The molecule has 0 bridgehead atoms. The maximum absolute atomic E-state index is 12.0. The van der Waals surface area contributed by atoms with Crippen LogP contribution in [-0.4, -0.2) is 15.9 Å². The molecule has 24 heavy (non-hydrogen) atoms. The number of rotatable bonds is 6. The monoisotopic (exact) mass is 320 g/mol. The summed E-state index contributed by atoms with van der Waals surface area (Å²) in [6, 6.07) is 16.6. The largest absolute Gasteiger partial charge is 0.485 e. The molecule has 0 aliphatic carbocycles. The first-order valence-electron chi connectivity index (χ1n) is 7.50. The number of ketones is 1. The molecule has 1 heterocycles. The van der Waals surface area contributed by atoms with Crippen LogP contribution in [0.3, 0.4) is 0 Å². The Morgan fingerprint density at radius 2 is 1.88 bits per heavy atom. The van der Waals surface area contributed by atoms with E-state index in [9.17, 15) is 4.79 Å². The number of aryl methyl sites for hydroxylation is 1. The van der Waals surface area contributed by atoms with Crippen LogP contribution in [0.2, 0.25) is 0 Å². The normalized spacial score (nSPS) is 10.9. The molecule has 0 fully saturated rings. The zero-order valence-corrected chi connectivity index (χ0v) is 13.2. The predicted octanol–water partition coefficient (Wildman–Crippen LogP) is 3.85. The van der Waals surface area contributed by atoms with Crippen molar-refractivity contribution in [3.63, 3.8) is 0 Å². The van der Waals surface area contributed by atoms with E-state index in [1.807, 2.05) is 42.5 Å². The third kappa shape index (κ3) is 4.16. The van der Waals surface area contributed by atoms with Crippen molar-refractivity contribution in [3.05, 3.63) is 83.5 Å². The molecule has 5 heteroatoms. The highest BCUT2D eigenvalue weighted by atomic mass is 16.5. The standard InChI is InChI=1S/C19H16N2O3/c1-14-20-19(21-24-14)13-23-17-10-7-15(8-11-17)9-12-18(22)16-5-3-2-4-6-16/h2-12H,13H2,1H3/b12-9+. The van der Waals surface area contributed by atoms with E-state index in [0.29, 0.717) is 23.0 Å². The van der Waals surface area contributed by atoms with Crippen LogP contribution in [0.25, 0.3) is 6.08 Å². The first-order valence-corrected chi connectivity index (χ1v) is 7.50. The fourth-order valence-corrected chi connectivity index (χ4v) is 2.09. The van der Waals surface area contributed by atoms with Gasteiger partial charge in [0, 0.05) is 12.5 Å². The molecule has 3 rings (SSSR count). The van der Waals surface area contributed by atoms with E-state index >= 15 is 0 Å². The van der Waals surface area contributed by atoms with Crippen LogP contribution in [0.4, 0.5) is 0 Å². The Hall–Kier alpha value is -3.21. The number of carbonyl (C=O) groups excluding carboxylic acids is 1. The average molecular weight is 320 g/mol. The van der Waals surface area contributed by atoms with Crippen LogP contribution in [0.5, 0.6) is 5.75 Å². The Morgan fingerprint density at radius 1 is 1.12 bits per heavy atom. The van der Waals surface area contributed by atoms with Gasteiger partial charge in [-0.1, -0.05) is 53.7 Å². The Bertz CT molecular complexity index is 837. The molecule has 0 amide bonds. The summed E-state index contributed by atoms with van der Waals surface area (Å²) in [6.07, 6.45) is 3.34. The second-order valence-corrected chi connectivity index (χ2v) is 5.15. The highest BCUT2D eigenvalue weighted by Gasteiger charge is 2.03. The number of nitrogens with zero attached hydrogens (tertiary/aromatic N) is 2. The van der Waals surface area contributed by atoms with E-state index in [1.54, 1.807) is 31.2 Å². The third-order valence-electron chi connectivity index (χ3n) is 3.30. The quantitative estimate of drug-likeness (QED) is 0.510. The molecular weight excluding hydrogens is 304 g/mol. The summed E-state index contributed by atoms with van der Waals surface area (Å²) in [5.41, 5.74) is 1.59. The van der Waals surface area contributed by atoms with Crippen molar-refractivity contribution in [2.45, 2.75) is 13.5 Å². The summed E-state index contributed by atoms with van der Waals surface area (Å²) in [6.45, 7) is 1.98. The molecule has 0 saturated carbocycles. The van der Waals surface area contributed by atoms with Crippen molar-refractivity contribution in [1.29, 1.82) is 0 Å². The first kappa shape index (κ1) is 15.7. The molecule has 0 unspecified atom stereocenters. The predicted molar refractivity (Wildman–Crippen MR) is 89.6 cm³/mol. The Labute approximate surface area is 139 Å². The number of aromatic nitrogens is 2. The molecule has 0 spiro atoms. The molecule has 0 radical (unpaired) electrons. The maximum Gasteiger partial charge on any atom is 0.223 e. The lowest BCUT2D eigenvalue weighted by molar-refractivity contribution is 0.104. The molecule has 0 atom stereocenters. The van der Waals surface area contributed by atoms with Gasteiger partial charge in [0.15, 0.2) is 12.4 Å². The van der Waals surface area contributed by atoms with Crippen LogP contribution in [0.1, 0.15) is 27.6 Å². The van der Waals surface area contributed by atoms with Gasteiger partial charge in [0.05, 0.1) is 0 Å². The van der Waals surface area contributed by atoms with Crippen molar-refractivity contribution in [2.75, 3.05) is 0 Å². The lowest BCUT2D eigenvalue weighted by atomic mass is 10.1. The van der Waals surface area contributed by atoms with Crippen molar-refractivity contribution in [3.8, 4) is 5.75 Å². The zero-order valence-electron chi connectivity index (χ0n) is 13.2. The van der Waals surface area contributed by atoms with E-state index < -0.39 is 0 Å². The lowest BCUT2D eigenvalue weighted by Gasteiger charge is -2.03. The second-order valence-electron chi connectivity index (χ2n) is 5.15. The minimum atomic E-state index is -0.0246. The molecule has 0 aliphatic heterocycles. The summed E-state index contributed by atoms with van der Waals surface area (Å²) in [5.74, 6) is 1.69. The van der Waals surface area contributed by atoms with Gasteiger partial charge in [-0.3, -0.25) is 4.79 Å². The van der Waals surface area contributed by atoms with Gasteiger partial charge in [0.2, 0.25) is 11.7 Å². The van der Waals surface area contributed by atoms with Gasteiger partial charge in [-0.2, -0.15) is 4.98 Å².